The van der Waals surface area contributed by atoms with Gasteiger partial charge in [-0.25, -0.2) is 0 Å². The first-order valence-corrected chi connectivity index (χ1v) is 19.2. The maximum atomic E-state index is 14.0. The number of anilines is 1. The Morgan fingerprint density at radius 2 is 1.70 bits per heavy atom. The maximum absolute atomic E-state index is 14.0. The van der Waals surface area contributed by atoms with Gasteiger partial charge >= 0.3 is 0 Å². The molecule has 0 spiro atoms. The van der Waals surface area contributed by atoms with Gasteiger partial charge in [0.2, 0.25) is 5.91 Å². The van der Waals surface area contributed by atoms with E-state index in [2.05, 4.69) is 33.1 Å². The first-order valence-electron chi connectivity index (χ1n) is 19.2. The number of aromatic nitrogens is 1. The number of nitrogens with one attached hydrogen (secondary N) is 3. The van der Waals surface area contributed by atoms with Crippen LogP contribution in [-0.4, -0.2) is 54.0 Å². The van der Waals surface area contributed by atoms with Crippen LogP contribution >= 0.6 is 0 Å². The zero-order chi connectivity index (χ0) is 36.7. The summed E-state index contributed by atoms with van der Waals surface area (Å²) in [4.78, 5) is 49.9. The predicted octanol–water partition coefficient (Wildman–Crippen LogP) is 6.74. The second-order valence-corrected chi connectivity index (χ2v) is 15.0. The molecular formula is C44H50N6O3. The number of fused-ring (bicyclic) bond motifs is 1. The molecule has 1 saturated heterocycles. The monoisotopic (exact) mass is 710 g/mol. The highest BCUT2D eigenvalue weighted by molar-refractivity contribution is 6.06. The molecule has 5 N–H and O–H groups in total. The molecule has 1 aliphatic carbocycles. The number of carbonyl (C=O) groups is 3. The van der Waals surface area contributed by atoms with Crippen molar-refractivity contribution >= 4 is 34.7 Å². The summed E-state index contributed by atoms with van der Waals surface area (Å²) in [6, 6.07) is 25.9. The van der Waals surface area contributed by atoms with Gasteiger partial charge in [-0.15, -0.1) is 0 Å². The van der Waals surface area contributed by atoms with E-state index in [0.29, 0.717) is 36.6 Å². The molecule has 0 bridgehead atoms. The van der Waals surface area contributed by atoms with Crippen molar-refractivity contribution in [1.29, 1.82) is 0 Å². The molecule has 3 aliphatic rings. The predicted molar refractivity (Wildman–Crippen MR) is 211 cm³/mol. The zero-order valence-electron chi connectivity index (χ0n) is 30.6. The van der Waals surface area contributed by atoms with Crippen LogP contribution in [0.15, 0.2) is 90.1 Å². The number of rotatable bonds is 12. The highest BCUT2D eigenvalue weighted by Gasteiger charge is 2.30. The minimum atomic E-state index is -0.527. The minimum absolute atomic E-state index is 0.0254. The smallest absolute Gasteiger partial charge is 0.251 e. The van der Waals surface area contributed by atoms with Gasteiger partial charge in [-0.2, -0.15) is 0 Å². The van der Waals surface area contributed by atoms with Crippen molar-refractivity contribution in [2.75, 3.05) is 25.0 Å². The molecule has 1 saturated carbocycles. The van der Waals surface area contributed by atoms with Gasteiger partial charge in [0.25, 0.3) is 5.91 Å². The number of hydrogen-bond acceptors (Lipinski definition) is 7. The van der Waals surface area contributed by atoms with Crippen LogP contribution in [0.25, 0.3) is 11.1 Å². The molecule has 1 aromatic heterocycles. The molecule has 9 nitrogen and oxygen atoms in total. The topological polar surface area (TPSA) is 139 Å². The Morgan fingerprint density at radius 1 is 0.906 bits per heavy atom. The molecule has 2 amide bonds. The molecule has 0 radical (unpaired) electrons. The molecule has 4 aromatic rings. The van der Waals surface area contributed by atoms with Crippen molar-refractivity contribution < 1.29 is 14.4 Å². The van der Waals surface area contributed by atoms with Crippen molar-refractivity contribution in [1.82, 2.24) is 15.6 Å². The van der Waals surface area contributed by atoms with Gasteiger partial charge in [0.15, 0.2) is 0 Å². The van der Waals surface area contributed by atoms with Crippen molar-refractivity contribution in [3.8, 4) is 11.1 Å². The molecule has 1 atom stereocenters. The van der Waals surface area contributed by atoms with E-state index in [4.69, 9.17) is 10.7 Å². The molecule has 3 heterocycles. The lowest BCUT2D eigenvalue weighted by molar-refractivity contribution is -0.129. The van der Waals surface area contributed by atoms with Crippen LogP contribution < -0.4 is 21.7 Å². The Hall–Kier alpha value is -4.99. The Bertz CT molecular complexity index is 1960. The summed E-state index contributed by atoms with van der Waals surface area (Å²) in [6.07, 6.45) is 8.58. The number of piperidine rings is 1. The summed E-state index contributed by atoms with van der Waals surface area (Å²) < 4.78 is 0. The van der Waals surface area contributed by atoms with Crippen LogP contribution in [-0.2, 0) is 22.4 Å². The van der Waals surface area contributed by atoms with Crippen LogP contribution in [0.5, 0.6) is 0 Å². The summed E-state index contributed by atoms with van der Waals surface area (Å²) in [5, 5.41) is 9.64. The number of hydrogen-bond donors (Lipinski definition) is 4. The standard InChI is InChI=1S/C44H50N6O3/c1-28-22-34(43(52)48-36-17-20-46-21-18-36)14-16-38(28)31-9-5-29(6-10-31)23-35(25-42(51)32-11-7-30(27-45)8-12-32)44(53)49-37-15-13-33-24-41(50-40(33)26-37)39-4-2-3-19-47-39/h2-6,9-10,13-16,19,22,26,30,32,35-36,46H,7-8,11-12,17-18,20-21,23-25,27,45H2,1H3,(H,48,52)(H,49,53)/t30?,32?,35-/m1/s1. The van der Waals surface area contributed by atoms with Gasteiger partial charge in [-0.1, -0.05) is 42.5 Å². The first-order chi connectivity index (χ1) is 25.8. The van der Waals surface area contributed by atoms with Crippen LogP contribution in [0, 0.1) is 24.7 Å². The summed E-state index contributed by atoms with van der Waals surface area (Å²) in [5.41, 5.74) is 15.0. The van der Waals surface area contributed by atoms with Crippen molar-refractivity contribution in [2.45, 2.75) is 70.8 Å². The van der Waals surface area contributed by atoms with E-state index in [1.807, 2.05) is 73.7 Å². The fourth-order valence-electron chi connectivity index (χ4n) is 8.04. The summed E-state index contributed by atoms with van der Waals surface area (Å²) >= 11 is 0. The van der Waals surface area contributed by atoms with E-state index >= 15 is 0 Å². The van der Waals surface area contributed by atoms with Crippen LogP contribution in [0.3, 0.4) is 0 Å². The Balaban J connectivity index is 1.05. The number of pyridine rings is 1. The quantitative estimate of drug-likeness (QED) is 0.129. The van der Waals surface area contributed by atoms with Crippen LogP contribution in [0.1, 0.15) is 77.7 Å². The Labute approximate surface area is 312 Å². The summed E-state index contributed by atoms with van der Waals surface area (Å²) in [6.45, 7) is 4.54. The lowest BCUT2D eigenvalue weighted by Gasteiger charge is -2.27. The number of carbonyl (C=O) groups excluding carboxylic acids is 3. The molecule has 2 aliphatic heterocycles. The molecule has 9 heteroatoms. The number of benzene rings is 3. The second-order valence-electron chi connectivity index (χ2n) is 15.0. The highest BCUT2D eigenvalue weighted by atomic mass is 16.2. The van der Waals surface area contributed by atoms with E-state index < -0.39 is 5.92 Å². The third-order valence-electron chi connectivity index (χ3n) is 11.3. The van der Waals surface area contributed by atoms with Crippen molar-refractivity contribution in [3.63, 3.8) is 0 Å². The third-order valence-corrected chi connectivity index (χ3v) is 11.3. The third kappa shape index (κ3) is 8.98. The lowest BCUT2D eigenvalue weighted by atomic mass is 9.77. The highest BCUT2D eigenvalue weighted by Crippen LogP contribution is 2.34. The normalized spacial score (nSPS) is 19.2. The van der Waals surface area contributed by atoms with Crippen LogP contribution in [0.4, 0.5) is 11.4 Å². The van der Waals surface area contributed by atoms with Crippen molar-refractivity contribution in [3.05, 3.63) is 113 Å². The number of amides is 2. The SMILES string of the molecule is Cc1cc(C(=O)NC2CCNCC2)ccc1-c1ccc(C[C@H](CC(=O)C2CCC(CN)CC2)C(=O)Nc2ccc3c(c2)N=C(c2ccccn2)C3)cc1. The number of nitrogens with two attached hydrogens (primary N) is 1. The van der Waals surface area contributed by atoms with Gasteiger partial charge in [0, 0.05) is 48.2 Å². The summed E-state index contributed by atoms with van der Waals surface area (Å²) in [7, 11) is 0. The fraction of sp³-hybridized carbons (Fsp3) is 0.386. The number of ketones is 1. The number of Topliss-reactive ketones (excluding diaryl/α,β-unsaturated/α-hetero) is 1. The summed E-state index contributed by atoms with van der Waals surface area (Å²) in [5.74, 6) is -0.109. The minimum Gasteiger partial charge on any atom is -0.349 e. The van der Waals surface area contributed by atoms with E-state index in [1.165, 1.54) is 0 Å². The van der Waals surface area contributed by atoms with Gasteiger partial charge in [-0.05, 0) is 142 Å². The largest absolute Gasteiger partial charge is 0.349 e. The molecule has 3 aromatic carbocycles. The molecule has 53 heavy (non-hydrogen) atoms. The van der Waals surface area contributed by atoms with Crippen molar-refractivity contribution in [2.24, 2.45) is 28.5 Å². The Kier molecular flexibility index (Phi) is 11.5. The lowest BCUT2D eigenvalue weighted by Crippen LogP contribution is -2.42. The van der Waals surface area contributed by atoms with E-state index in [9.17, 15) is 14.4 Å². The van der Waals surface area contributed by atoms with Gasteiger partial charge < -0.3 is 21.7 Å². The Morgan fingerprint density at radius 3 is 2.42 bits per heavy atom. The van der Waals surface area contributed by atoms with Gasteiger partial charge in [-0.3, -0.25) is 24.4 Å². The van der Waals surface area contributed by atoms with Crippen LogP contribution in [0.2, 0.25) is 0 Å². The molecule has 274 valence electrons. The average molecular weight is 711 g/mol. The molecule has 2 fully saturated rings. The number of aliphatic imine (C=N–C) groups is 1. The van der Waals surface area contributed by atoms with E-state index in [0.717, 1.165) is 96.5 Å². The zero-order valence-corrected chi connectivity index (χ0v) is 30.6. The first kappa shape index (κ1) is 36.4. The maximum Gasteiger partial charge on any atom is 0.251 e. The molecule has 7 rings (SSSR count). The van der Waals surface area contributed by atoms with Gasteiger partial charge in [0.1, 0.15) is 5.78 Å². The molecular weight excluding hydrogens is 661 g/mol. The molecule has 0 unspecified atom stereocenters. The average Bonchev–Trinajstić information content (AvgIpc) is 3.62. The van der Waals surface area contributed by atoms with E-state index in [1.54, 1.807) is 6.20 Å². The number of nitrogens with zero attached hydrogens (tertiary/aromatic N) is 2. The number of aryl methyl sites for hydroxylation is 1. The fourth-order valence-corrected chi connectivity index (χ4v) is 8.04. The van der Waals surface area contributed by atoms with Gasteiger partial charge in [0.05, 0.1) is 17.1 Å². The second kappa shape index (κ2) is 16.8. The van der Waals surface area contributed by atoms with E-state index in [-0.39, 0.29) is 36.0 Å².